The highest BCUT2D eigenvalue weighted by Crippen LogP contribution is 2.23. The lowest BCUT2D eigenvalue weighted by atomic mass is 10.3. The molecule has 0 spiro atoms. The molecule has 2 rings (SSSR count). The van der Waals surface area contributed by atoms with Crippen molar-refractivity contribution >= 4 is 28.3 Å². The Hall–Kier alpha value is -1.83. The molecule has 2 aromatic carbocycles. The number of hydrogen-bond donors (Lipinski definition) is 2. The fourth-order valence-electron chi connectivity index (χ4n) is 1.07. The fraction of sp³-hybridized carbons (Fsp3) is 0. The summed E-state index contributed by atoms with van der Waals surface area (Å²) in [7, 11) is 0. The molecule has 0 heterocycles. The topological polar surface area (TPSA) is 83.6 Å². The van der Waals surface area contributed by atoms with Crippen molar-refractivity contribution < 1.29 is 15.1 Å². The van der Waals surface area contributed by atoms with Crippen LogP contribution in [0.1, 0.15) is 0 Å². The van der Waals surface area contributed by atoms with Crippen LogP contribution in [-0.4, -0.2) is 15.1 Å². The first-order valence-electron chi connectivity index (χ1n) is 4.88. The van der Waals surface area contributed by atoms with Crippen LogP contribution in [0.25, 0.3) is 0 Å². The summed E-state index contributed by atoms with van der Waals surface area (Å²) in [5.41, 5.74) is -0.262. The minimum Gasteiger partial charge on any atom is -0.507 e. The zero-order chi connectivity index (χ0) is 13.5. The summed E-state index contributed by atoms with van der Waals surface area (Å²) in [6, 6.07) is 12.8. The van der Waals surface area contributed by atoms with E-state index in [0.717, 1.165) is 3.57 Å². The summed E-state index contributed by atoms with van der Waals surface area (Å²) in [5.74, 6) is 0.0561. The SMILES string of the molecule is O=[N+]([O-])c1ccccc1O.Oc1ccccc1I. The molecule has 0 atom stereocenters. The molecule has 0 aromatic heterocycles. The molecule has 2 aromatic rings. The lowest BCUT2D eigenvalue weighted by Gasteiger charge is -1.91. The minimum absolute atomic E-state index is 0.262. The molecule has 0 fully saturated rings. The van der Waals surface area contributed by atoms with E-state index in [1.54, 1.807) is 12.1 Å². The predicted molar refractivity (Wildman–Crippen MR) is 75.6 cm³/mol. The summed E-state index contributed by atoms with van der Waals surface area (Å²) >= 11 is 2.07. The number of hydrogen-bond acceptors (Lipinski definition) is 4. The number of para-hydroxylation sites is 3. The summed E-state index contributed by atoms with van der Waals surface area (Å²) in [5, 5.41) is 27.8. The van der Waals surface area contributed by atoms with E-state index in [0.29, 0.717) is 5.75 Å². The highest BCUT2D eigenvalue weighted by molar-refractivity contribution is 14.1. The Morgan fingerprint density at radius 1 is 0.944 bits per heavy atom. The Labute approximate surface area is 117 Å². The van der Waals surface area contributed by atoms with Gasteiger partial charge in [-0.05, 0) is 40.8 Å². The number of phenols is 2. The van der Waals surface area contributed by atoms with Gasteiger partial charge in [0.05, 0.1) is 8.49 Å². The maximum Gasteiger partial charge on any atom is 0.310 e. The number of rotatable bonds is 1. The van der Waals surface area contributed by atoms with Gasteiger partial charge in [0.25, 0.3) is 0 Å². The average Bonchev–Trinajstić information content (AvgIpc) is 2.34. The molecule has 18 heavy (non-hydrogen) atoms. The van der Waals surface area contributed by atoms with Crippen LogP contribution >= 0.6 is 22.6 Å². The zero-order valence-electron chi connectivity index (χ0n) is 9.15. The van der Waals surface area contributed by atoms with Crippen LogP contribution in [0.15, 0.2) is 48.5 Å². The molecule has 0 radical (unpaired) electrons. The molecule has 0 aliphatic heterocycles. The molecule has 6 heteroatoms. The fourth-order valence-corrected chi connectivity index (χ4v) is 1.46. The van der Waals surface area contributed by atoms with E-state index < -0.39 is 4.92 Å². The van der Waals surface area contributed by atoms with Gasteiger partial charge in [-0.25, -0.2) is 0 Å². The Morgan fingerprint density at radius 3 is 1.78 bits per heavy atom. The monoisotopic (exact) mass is 359 g/mol. The van der Waals surface area contributed by atoms with Gasteiger partial charge in [-0.3, -0.25) is 10.1 Å². The summed E-state index contributed by atoms with van der Waals surface area (Å²) < 4.78 is 0.894. The number of nitro benzene ring substituents is 1. The first kappa shape index (κ1) is 14.2. The molecular formula is C12H10INO4. The van der Waals surface area contributed by atoms with E-state index >= 15 is 0 Å². The third-order valence-corrected chi connectivity index (χ3v) is 2.84. The number of halogens is 1. The van der Waals surface area contributed by atoms with Crippen LogP contribution < -0.4 is 0 Å². The average molecular weight is 359 g/mol. The maximum absolute atomic E-state index is 10.1. The first-order chi connectivity index (χ1) is 8.52. The lowest BCUT2D eigenvalue weighted by Crippen LogP contribution is -1.86. The van der Waals surface area contributed by atoms with Crippen LogP contribution in [0.5, 0.6) is 11.5 Å². The van der Waals surface area contributed by atoms with Crippen LogP contribution in [0.3, 0.4) is 0 Å². The van der Waals surface area contributed by atoms with Crippen LogP contribution in [-0.2, 0) is 0 Å². The molecule has 0 saturated carbocycles. The predicted octanol–water partition coefficient (Wildman–Crippen LogP) is 3.30. The first-order valence-corrected chi connectivity index (χ1v) is 5.96. The number of benzene rings is 2. The molecule has 0 aliphatic rings. The van der Waals surface area contributed by atoms with E-state index in [1.165, 1.54) is 24.3 Å². The van der Waals surface area contributed by atoms with Gasteiger partial charge in [0.15, 0.2) is 5.75 Å². The second-order valence-corrected chi connectivity index (χ2v) is 4.36. The molecule has 5 nitrogen and oxygen atoms in total. The minimum atomic E-state index is -0.630. The van der Waals surface area contributed by atoms with E-state index in [2.05, 4.69) is 22.6 Å². The Kier molecular flexibility index (Phi) is 5.37. The van der Waals surface area contributed by atoms with Crippen molar-refractivity contribution in [3.63, 3.8) is 0 Å². The van der Waals surface area contributed by atoms with E-state index in [9.17, 15) is 10.1 Å². The number of nitrogens with zero attached hydrogens (tertiary/aromatic N) is 1. The van der Waals surface area contributed by atoms with Gasteiger partial charge in [0, 0.05) is 6.07 Å². The van der Waals surface area contributed by atoms with Crippen molar-refractivity contribution in [1.82, 2.24) is 0 Å². The van der Waals surface area contributed by atoms with Gasteiger partial charge in [-0.1, -0.05) is 24.3 Å². The van der Waals surface area contributed by atoms with Gasteiger partial charge in [0.1, 0.15) is 5.75 Å². The van der Waals surface area contributed by atoms with Crippen LogP contribution in [0.4, 0.5) is 5.69 Å². The third-order valence-electron chi connectivity index (χ3n) is 1.93. The molecule has 0 bridgehead atoms. The normalized spacial score (nSPS) is 9.17. The summed E-state index contributed by atoms with van der Waals surface area (Å²) in [6.07, 6.45) is 0. The lowest BCUT2D eigenvalue weighted by molar-refractivity contribution is -0.385. The Balaban J connectivity index is 0.000000184. The van der Waals surface area contributed by atoms with Crippen LogP contribution in [0, 0.1) is 13.7 Å². The highest BCUT2D eigenvalue weighted by Gasteiger charge is 2.09. The summed E-state index contributed by atoms with van der Waals surface area (Å²) in [4.78, 5) is 9.44. The van der Waals surface area contributed by atoms with Gasteiger partial charge in [-0.2, -0.15) is 0 Å². The van der Waals surface area contributed by atoms with E-state index in [4.69, 9.17) is 10.2 Å². The molecule has 94 valence electrons. The number of aromatic hydroxyl groups is 2. The largest absolute Gasteiger partial charge is 0.507 e. The second kappa shape index (κ2) is 6.80. The quantitative estimate of drug-likeness (QED) is 0.465. The van der Waals surface area contributed by atoms with E-state index in [1.807, 2.05) is 12.1 Å². The summed E-state index contributed by atoms with van der Waals surface area (Å²) in [6.45, 7) is 0. The van der Waals surface area contributed by atoms with Crippen molar-refractivity contribution in [2.75, 3.05) is 0 Å². The van der Waals surface area contributed by atoms with Gasteiger partial charge < -0.3 is 10.2 Å². The van der Waals surface area contributed by atoms with Crippen molar-refractivity contribution in [2.45, 2.75) is 0 Å². The Morgan fingerprint density at radius 2 is 1.44 bits per heavy atom. The number of nitro groups is 1. The van der Waals surface area contributed by atoms with Gasteiger partial charge in [-0.15, -0.1) is 0 Å². The molecule has 0 unspecified atom stereocenters. The van der Waals surface area contributed by atoms with Crippen molar-refractivity contribution in [2.24, 2.45) is 0 Å². The van der Waals surface area contributed by atoms with Gasteiger partial charge in [0.2, 0.25) is 0 Å². The molecular weight excluding hydrogens is 349 g/mol. The van der Waals surface area contributed by atoms with Gasteiger partial charge >= 0.3 is 5.69 Å². The Bertz CT molecular complexity index is 524. The maximum atomic E-state index is 10.1. The van der Waals surface area contributed by atoms with Crippen molar-refractivity contribution in [1.29, 1.82) is 0 Å². The third kappa shape index (κ3) is 4.21. The second-order valence-electron chi connectivity index (χ2n) is 3.20. The highest BCUT2D eigenvalue weighted by atomic mass is 127. The van der Waals surface area contributed by atoms with Crippen LogP contribution in [0.2, 0.25) is 0 Å². The number of phenolic OH excluding ortho intramolecular Hbond substituents is 2. The molecule has 0 amide bonds. The zero-order valence-corrected chi connectivity index (χ0v) is 11.3. The van der Waals surface area contributed by atoms with Crippen molar-refractivity contribution in [3.05, 3.63) is 62.2 Å². The molecule has 2 N–H and O–H groups in total. The molecule has 0 saturated heterocycles. The van der Waals surface area contributed by atoms with E-state index in [-0.39, 0.29) is 11.4 Å². The molecule has 0 aliphatic carbocycles. The standard InChI is InChI=1S/C6H5IO.C6H5NO3/c7-5-3-1-2-4-6(5)8;8-6-4-2-1-3-5(6)7(9)10/h1-4,8H;1-4,8H. The smallest absolute Gasteiger partial charge is 0.310 e. The van der Waals surface area contributed by atoms with Crippen molar-refractivity contribution in [3.8, 4) is 11.5 Å².